The topological polar surface area (TPSA) is 70.3 Å². The summed E-state index contributed by atoms with van der Waals surface area (Å²) < 4.78 is 11.1. The summed E-state index contributed by atoms with van der Waals surface area (Å²) in [7, 11) is 1.59. The summed E-state index contributed by atoms with van der Waals surface area (Å²) in [5.41, 5.74) is 8.54. The summed E-state index contributed by atoms with van der Waals surface area (Å²) in [5.74, 6) is 1.83. The van der Waals surface area contributed by atoms with Crippen molar-refractivity contribution in [2.24, 2.45) is 0 Å². The summed E-state index contributed by atoms with van der Waals surface area (Å²) in [6, 6.07) is 5.30. The maximum Gasteiger partial charge on any atom is 0.225 e. The number of rotatable bonds is 3. The zero-order valence-corrected chi connectivity index (χ0v) is 10.7. The van der Waals surface area contributed by atoms with Gasteiger partial charge in [0.2, 0.25) is 5.88 Å². The fourth-order valence-corrected chi connectivity index (χ4v) is 2.29. The zero-order valence-electron chi connectivity index (χ0n) is 10.7. The van der Waals surface area contributed by atoms with Gasteiger partial charge in [0.05, 0.1) is 12.8 Å². The van der Waals surface area contributed by atoms with E-state index in [2.05, 4.69) is 9.97 Å². The number of ether oxygens (including phenoxy) is 2. The quantitative estimate of drug-likeness (QED) is 0.855. The number of fused-ring (bicyclic) bond motifs is 1. The van der Waals surface area contributed by atoms with Crippen LogP contribution in [0.3, 0.4) is 0 Å². The standard InChI is InChI=1S/C14H15N3O2/c1-18-13-7-9(15)5-6-12(13)19-14-10-3-2-4-11(10)16-8-17-14/h5-8H,2-4,15H2,1H3. The van der Waals surface area contributed by atoms with Crippen molar-refractivity contribution in [3.63, 3.8) is 0 Å². The van der Waals surface area contributed by atoms with Gasteiger partial charge in [-0.15, -0.1) is 0 Å². The molecule has 2 N–H and O–H groups in total. The van der Waals surface area contributed by atoms with Gasteiger partial charge in [-0.05, 0) is 31.4 Å². The van der Waals surface area contributed by atoms with Crippen molar-refractivity contribution in [3.8, 4) is 17.4 Å². The first kappa shape index (κ1) is 11.8. The predicted octanol–water partition coefficient (Wildman–Crippen LogP) is 2.35. The van der Waals surface area contributed by atoms with E-state index < -0.39 is 0 Å². The molecule has 0 unspecified atom stereocenters. The Morgan fingerprint density at radius 2 is 2.05 bits per heavy atom. The van der Waals surface area contributed by atoms with Gasteiger partial charge in [-0.25, -0.2) is 9.97 Å². The van der Waals surface area contributed by atoms with E-state index in [1.54, 1.807) is 31.6 Å². The molecule has 0 saturated heterocycles. The molecule has 0 amide bonds. The molecule has 0 aliphatic heterocycles. The number of nitrogens with zero attached hydrogens (tertiary/aromatic N) is 2. The van der Waals surface area contributed by atoms with Crippen molar-refractivity contribution in [2.45, 2.75) is 19.3 Å². The Morgan fingerprint density at radius 1 is 1.16 bits per heavy atom. The molecule has 5 heteroatoms. The van der Waals surface area contributed by atoms with Gasteiger partial charge in [0, 0.05) is 17.3 Å². The number of methoxy groups -OCH3 is 1. The first-order chi connectivity index (χ1) is 9.28. The summed E-state index contributed by atoms with van der Waals surface area (Å²) in [4.78, 5) is 8.50. The van der Waals surface area contributed by atoms with Crippen LogP contribution in [0.4, 0.5) is 5.69 Å². The highest BCUT2D eigenvalue weighted by atomic mass is 16.5. The number of benzene rings is 1. The summed E-state index contributed by atoms with van der Waals surface area (Å²) in [6.45, 7) is 0. The normalized spacial score (nSPS) is 13.1. The van der Waals surface area contributed by atoms with E-state index in [4.69, 9.17) is 15.2 Å². The molecule has 0 saturated carbocycles. The second-order valence-corrected chi connectivity index (χ2v) is 4.47. The summed E-state index contributed by atoms with van der Waals surface area (Å²) in [6.07, 6.45) is 4.60. The van der Waals surface area contributed by atoms with Crippen molar-refractivity contribution in [2.75, 3.05) is 12.8 Å². The molecule has 1 aromatic carbocycles. The molecule has 98 valence electrons. The number of nitrogens with two attached hydrogens (primary N) is 1. The Morgan fingerprint density at radius 3 is 2.89 bits per heavy atom. The Kier molecular flexibility index (Phi) is 2.95. The van der Waals surface area contributed by atoms with Crippen LogP contribution < -0.4 is 15.2 Å². The predicted molar refractivity (Wildman–Crippen MR) is 71.5 cm³/mol. The number of aryl methyl sites for hydroxylation is 1. The molecule has 1 aliphatic carbocycles. The van der Waals surface area contributed by atoms with Gasteiger partial charge in [0.1, 0.15) is 6.33 Å². The van der Waals surface area contributed by atoms with E-state index in [9.17, 15) is 0 Å². The third kappa shape index (κ3) is 2.19. The van der Waals surface area contributed by atoms with Crippen molar-refractivity contribution in [3.05, 3.63) is 35.8 Å². The minimum atomic E-state index is 0.602. The first-order valence-corrected chi connectivity index (χ1v) is 6.22. The maximum atomic E-state index is 5.87. The van der Waals surface area contributed by atoms with Gasteiger partial charge >= 0.3 is 0 Å². The van der Waals surface area contributed by atoms with Gasteiger partial charge < -0.3 is 15.2 Å². The molecule has 1 heterocycles. The molecule has 0 atom stereocenters. The smallest absolute Gasteiger partial charge is 0.225 e. The minimum absolute atomic E-state index is 0.602. The lowest BCUT2D eigenvalue weighted by Crippen LogP contribution is -1.98. The van der Waals surface area contributed by atoms with Gasteiger partial charge in [-0.3, -0.25) is 0 Å². The average molecular weight is 257 g/mol. The van der Waals surface area contributed by atoms with E-state index in [-0.39, 0.29) is 0 Å². The van der Waals surface area contributed by atoms with Crippen LogP contribution in [0.15, 0.2) is 24.5 Å². The Balaban J connectivity index is 1.96. The molecule has 0 radical (unpaired) electrons. The van der Waals surface area contributed by atoms with Gasteiger partial charge in [-0.2, -0.15) is 0 Å². The van der Waals surface area contributed by atoms with E-state index >= 15 is 0 Å². The van der Waals surface area contributed by atoms with Crippen LogP contribution >= 0.6 is 0 Å². The van der Waals surface area contributed by atoms with Gasteiger partial charge in [0.15, 0.2) is 11.5 Å². The number of aromatic nitrogens is 2. The van der Waals surface area contributed by atoms with Crippen molar-refractivity contribution >= 4 is 5.69 Å². The van der Waals surface area contributed by atoms with Gasteiger partial charge in [0.25, 0.3) is 0 Å². The Bertz CT molecular complexity index is 614. The Hall–Kier alpha value is -2.30. The van der Waals surface area contributed by atoms with E-state index in [0.29, 0.717) is 23.1 Å². The largest absolute Gasteiger partial charge is 0.493 e. The highest BCUT2D eigenvalue weighted by Gasteiger charge is 2.19. The number of nitrogen functional groups attached to an aromatic ring is 1. The van der Waals surface area contributed by atoms with Crippen LogP contribution in [0.2, 0.25) is 0 Å². The summed E-state index contributed by atoms with van der Waals surface area (Å²) >= 11 is 0. The SMILES string of the molecule is COc1cc(N)ccc1Oc1ncnc2c1CCC2. The number of hydrogen-bond donors (Lipinski definition) is 1. The van der Waals surface area contributed by atoms with Crippen LogP contribution in [0.1, 0.15) is 17.7 Å². The van der Waals surface area contributed by atoms with Crippen molar-refractivity contribution in [1.82, 2.24) is 9.97 Å². The van der Waals surface area contributed by atoms with Crippen LogP contribution in [0.25, 0.3) is 0 Å². The van der Waals surface area contributed by atoms with Crippen molar-refractivity contribution in [1.29, 1.82) is 0 Å². The third-order valence-corrected chi connectivity index (χ3v) is 3.23. The molecule has 19 heavy (non-hydrogen) atoms. The fraction of sp³-hybridized carbons (Fsp3) is 0.286. The van der Waals surface area contributed by atoms with Crippen LogP contribution in [-0.4, -0.2) is 17.1 Å². The van der Waals surface area contributed by atoms with Crippen LogP contribution in [-0.2, 0) is 12.8 Å². The second-order valence-electron chi connectivity index (χ2n) is 4.47. The molecule has 1 aliphatic rings. The summed E-state index contributed by atoms with van der Waals surface area (Å²) in [5, 5.41) is 0. The molecular weight excluding hydrogens is 242 g/mol. The number of anilines is 1. The maximum absolute atomic E-state index is 5.87. The third-order valence-electron chi connectivity index (χ3n) is 3.23. The average Bonchev–Trinajstić information content (AvgIpc) is 2.90. The van der Waals surface area contributed by atoms with E-state index in [1.807, 2.05) is 0 Å². The van der Waals surface area contributed by atoms with Crippen LogP contribution in [0.5, 0.6) is 17.4 Å². The highest BCUT2D eigenvalue weighted by molar-refractivity contribution is 5.53. The van der Waals surface area contributed by atoms with E-state index in [0.717, 1.165) is 30.5 Å². The van der Waals surface area contributed by atoms with E-state index in [1.165, 1.54) is 0 Å². The lowest BCUT2D eigenvalue weighted by atomic mass is 10.2. The monoisotopic (exact) mass is 257 g/mol. The molecule has 1 aromatic heterocycles. The second kappa shape index (κ2) is 4.76. The number of hydrogen-bond acceptors (Lipinski definition) is 5. The molecule has 5 nitrogen and oxygen atoms in total. The lowest BCUT2D eigenvalue weighted by Gasteiger charge is -2.12. The molecule has 0 bridgehead atoms. The van der Waals surface area contributed by atoms with Gasteiger partial charge in [-0.1, -0.05) is 0 Å². The first-order valence-electron chi connectivity index (χ1n) is 6.22. The van der Waals surface area contributed by atoms with Crippen LogP contribution in [0, 0.1) is 0 Å². The minimum Gasteiger partial charge on any atom is -0.493 e. The molecule has 2 aromatic rings. The molecule has 0 fully saturated rings. The molecular formula is C14H15N3O2. The molecule has 3 rings (SSSR count). The molecule has 0 spiro atoms. The highest BCUT2D eigenvalue weighted by Crippen LogP contribution is 2.35. The zero-order chi connectivity index (χ0) is 13.2. The fourth-order valence-electron chi connectivity index (χ4n) is 2.29. The lowest BCUT2D eigenvalue weighted by molar-refractivity contribution is 0.372. The Labute approximate surface area is 111 Å². The van der Waals surface area contributed by atoms with Crippen molar-refractivity contribution < 1.29 is 9.47 Å².